The molecular weight excluding hydrogens is 379 g/mol. The number of amides is 1. The summed E-state index contributed by atoms with van der Waals surface area (Å²) in [7, 11) is -3.39. The monoisotopic (exact) mass is 400 g/mol. The zero-order valence-corrected chi connectivity index (χ0v) is 16.1. The molecule has 2 unspecified atom stereocenters. The third kappa shape index (κ3) is 5.52. The Balaban J connectivity index is 0.00000338. The highest BCUT2D eigenvalue weighted by Gasteiger charge is 2.21. The van der Waals surface area contributed by atoms with Crippen LogP contribution in [-0.2, 0) is 14.6 Å². The quantitative estimate of drug-likeness (QED) is 0.779. The van der Waals surface area contributed by atoms with E-state index in [4.69, 9.17) is 5.73 Å². The zero-order valence-electron chi connectivity index (χ0n) is 14.5. The van der Waals surface area contributed by atoms with Gasteiger partial charge in [0.05, 0.1) is 10.9 Å². The van der Waals surface area contributed by atoms with E-state index >= 15 is 0 Å². The van der Waals surface area contributed by atoms with Crippen LogP contribution in [0.3, 0.4) is 0 Å². The summed E-state index contributed by atoms with van der Waals surface area (Å²) in [5, 5.41) is 2.86. The fourth-order valence-electron chi connectivity index (χ4n) is 2.33. The molecule has 142 valence electrons. The normalized spacial score (nSPS) is 13.4. The summed E-state index contributed by atoms with van der Waals surface area (Å²) in [4.78, 5) is 12.4. The van der Waals surface area contributed by atoms with Crippen molar-refractivity contribution in [2.24, 2.45) is 11.7 Å². The van der Waals surface area contributed by atoms with Gasteiger partial charge in [-0.1, -0.05) is 31.2 Å². The van der Waals surface area contributed by atoms with Gasteiger partial charge < -0.3 is 11.1 Å². The predicted molar refractivity (Wildman–Crippen MR) is 101 cm³/mol. The van der Waals surface area contributed by atoms with Crippen molar-refractivity contribution in [1.29, 1.82) is 0 Å². The Bertz CT molecular complexity index is 857. The molecule has 26 heavy (non-hydrogen) atoms. The van der Waals surface area contributed by atoms with E-state index in [-0.39, 0.29) is 29.8 Å². The van der Waals surface area contributed by atoms with Crippen LogP contribution in [0.1, 0.15) is 24.1 Å². The first-order chi connectivity index (χ1) is 11.7. The van der Waals surface area contributed by atoms with Crippen LogP contribution in [0.5, 0.6) is 0 Å². The summed E-state index contributed by atoms with van der Waals surface area (Å²) in [6, 6.07) is 11.4. The van der Waals surface area contributed by atoms with Gasteiger partial charge in [-0.05, 0) is 35.4 Å². The van der Waals surface area contributed by atoms with E-state index in [1.54, 1.807) is 31.2 Å². The third-order valence-corrected chi connectivity index (χ3v) is 5.02. The second kappa shape index (κ2) is 9.12. The molecule has 0 heterocycles. The maximum atomic E-state index is 13.2. The van der Waals surface area contributed by atoms with E-state index in [0.717, 1.165) is 6.26 Å². The van der Waals surface area contributed by atoms with E-state index in [2.05, 4.69) is 5.32 Å². The highest BCUT2D eigenvalue weighted by atomic mass is 35.5. The number of benzene rings is 2. The minimum absolute atomic E-state index is 0. The van der Waals surface area contributed by atoms with Crippen LogP contribution in [0.25, 0.3) is 0 Å². The lowest BCUT2D eigenvalue weighted by molar-refractivity contribution is -0.124. The summed E-state index contributed by atoms with van der Waals surface area (Å²) in [5.41, 5.74) is 6.77. The molecular formula is C18H22ClFN2O3S. The van der Waals surface area contributed by atoms with Gasteiger partial charge in [0.15, 0.2) is 9.84 Å². The Morgan fingerprint density at radius 1 is 1.15 bits per heavy atom. The van der Waals surface area contributed by atoms with Gasteiger partial charge in [-0.3, -0.25) is 4.79 Å². The van der Waals surface area contributed by atoms with Crippen molar-refractivity contribution in [3.8, 4) is 0 Å². The van der Waals surface area contributed by atoms with E-state index in [0.29, 0.717) is 11.1 Å². The van der Waals surface area contributed by atoms with Crippen LogP contribution < -0.4 is 11.1 Å². The van der Waals surface area contributed by atoms with Crippen LogP contribution in [0, 0.1) is 11.7 Å². The number of hydrogen-bond acceptors (Lipinski definition) is 4. The first-order valence-electron chi connectivity index (χ1n) is 7.78. The van der Waals surface area contributed by atoms with Crippen molar-refractivity contribution in [3.63, 3.8) is 0 Å². The molecule has 0 radical (unpaired) electrons. The molecule has 5 nitrogen and oxygen atoms in total. The molecule has 0 aliphatic rings. The highest BCUT2D eigenvalue weighted by molar-refractivity contribution is 7.90. The van der Waals surface area contributed by atoms with E-state index in [9.17, 15) is 17.6 Å². The maximum Gasteiger partial charge on any atom is 0.224 e. The first-order valence-corrected chi connectivity index (χ1v) is 9.67. The summed E-state index contributed by atoms with van der Waals surface area (Å²) >= 11 is 0. The average Bonchev–Trinajstić information content (AvgIpc) is 2.59. The molecule has 0 spiro atoms. The van der Waals surface area contributed by atoms with Crippen LogP contribution in [0.15, 0.2) is 53.4 Å². The average molecular weight is 401 g/mol. The smallest absolute Gasteiger partial charge is 0.224 e. The number of carbonyl (C=O) groups is 1. The SMILES string of the molecule is CC(CN)C(=O)NC(c1ccc(F)cc1)c1cccc(S(C)(=O)=O)c1.Cl. The molecule has 0 aliphatic heterocycles. The van der Waals surface area contributed by atoms with Crippen molar-refractivity contribution in [2.75, 3.05) is 12.8 Å². The van der Waals surface area contributed by atoms with E-state index < -0.39 is 27.6 Å². The van der Waals surface area contributed by atoms with Gasteiger partial charge in [0.25, 0.3) is 0 Å². The molecule has 3 N–H and O–H groups in total. The van der Waals surface area contributed by atoms with Crippen molar-refractivity contribution >= 4 is 28.2 Å². The number of rotatable bonds is 6. The summed E-state index contributed by atoms with van der Waals surface area (Å²) in [6.45, 7) is 1.88. The minimum Gasteiger partial charge on any atom is -0.345 e. The second-order valence-corrected chi connectivity index (χ2v) is 7.99. The standard InChI is InChI=1S/C18H21FN2O3S.ClH/c1-12(11-20)18(22)21-17(13-6-8-15(19)9-7-13)14-4-3-5-16(10-14)25(2,23)24;/h3-10,12,17H,11,20H2,1-2H3,(H,21,22);1H. The van der Waals surface area contributed by atoms with Crippen LogP contribution in [0.4, 0.5) is 4.39 Å². The van der Waals surface area contributed by atoms with Crippen molar-refractivity contribution < 1.29 is 17.6 Å². The number of sulfone groups is 1. The van der Waals surface area contributed by atoms with Gasteiger partial charge in [-0.25, -0.2) is 12.8 Å². The summed E-state index contributed by atoms with van der Waals surface area (Å²) < 4.78 is 36.9. The van der Waals surface area contributed by atoms with Crippen LogP contribution in [-0.4, -0.2) is 27.1 Å². The van der Waals surface area contributed by atoms with Crippen molar-refractivity contribution in [1.82, 2.24) is 5.32 Å². The molecule has 2 rings (SSSR count). The van der Waals surface area contributed by atoms with Gasteiger partial charge in [-0.15, -0.1) is 12.4 Å². The van der Waals surface area contributed by atoms with E-state index in [1.165, 1.54) is 24.3 Å². The lowest BCUT2D eigenvalue weighted by Crippen LogP contribution is -2.36. The number of halogens is 2. The van der Waals surface area contributed by atoms with Crippen LogP contribution >= 0.6 is 12.4 Å². The largest absolute Gasteiger partial charge is 0.345 e. The van der Waals surface area contributed by atoms with Crippen molar-refractivity contribution in [3.05, 3.63) is 65.5 Å². The second-order valence-electron chi connectivity index (χ2n) is 5.97. The van der Waals surface area contributed by atoms with Crippen LogP contribution in [0.2, 0.25) is 0 Å². The predicted octanol–water partition coefficient (Wildman–Crippen LogP) is 2.45. The molecule has 0 saturated carbocycles. The Morgan fingerprint density at radius 3 is 2.31 bits per heavy atom. The molecule has 2 aromatic rings. The Labute approximate surface area is 159 Å². The van der Waals surface area contributed by atoms with E-state index in [1.807, 2.05) is 0 Å². The molecule has 0 saturated heterocycles. The Hall–Kier alpha value is -1.96. The lowest BCUT2D eigenvalue weighted by Gasteiger charge is -2.22. The number of hydrogen-bond donors (Lipinski definition) is 2. The molecule has 8 heteroatoms. The fourth-order valence-corrected chi connectivity index (χ4v) is 3.01. The van der Waals surface area contributed by atoms with Gasteiger partial charge in [0, 0.05) is 18.7 Å². The maximum absolute atomic E-state index is 13.2. The number of carbonyl (C=O) groups excluding carboxylic acids is 1. The summed E-state index contributed by atoms with van der Waals surface area (Å²) in [5.74, 6) is -1.06. The Morgan fingerprint density at radius 2 is 1.77 bits per heavy atom. The first kappa shape index (κ1) is 22.1. The molecule has 0 fully saturated rings. The third-order valence-electron chi connectivity index (χ3n) is 3.91. The van der Waals surface area contributed by atoms with Crippen molar-refractivity contribution in [2.45, 2.75) is 17.9 Å². The zero-order chi connectivity index (χ0) is 18.6. The lowest BCUT2D eigenvalue weighted by atomic mass is 9.97. The molecule has 2 aromatic carbocycles. The van der Waals surface area contributed by atoms with Gasteiger partial charge in [0.2, 0.25) is 5.91 Å². The summed E-state index contributed by atoms with van der Waals surface area (Å²) in [6.07, 6.45) is 1.12. The van der Waals surface area contributed by atoms with Gasteiger partial charge in [0.1, 0.15) is 5.82 Å². The molecule has 2 atom stereocenters. The Kier molecular flexibility index (Phi) is 7.74. The number of nitrogens with one attached hydrogen (secondary N) is 1. The number of nitrogens with two attached hydrogens (primary N) is 1. The molecule has 1 amide bonds. The fraction of sp³-hybridized carbons (Fsp3) is 0.278. The highest BCUT2D eigenvalue weighted by Crippen LogP contribution is 2.25. The topological polar surface area (TPSA) is 89.3 Å². The molecule has 0 bridgehead atoms. The molecule has 0 aromatic heterocycles. The minimum atomic E-state index is -3.39. The van der Waals surface area contributed by atoms with Gasteiger partial charge >= 0.3 is 0 Å². The van der Waals surface area contributed by atoms with Gasteiger partial charge in [-0.2, -0.15) is 0 Å². The molecule has 0 aliphatic carbocycles.